The maximum atomic E-state index is 4.68. The summed E-state index contributed by atoms with van der Waals surface area (Å²) in [5.41, 5.74) is 3.49. The van der Waals surface area contributed by atoms with E-state index in [1.165, 1.54) is 18.4 Å². The van der Waals surface area contributed by atoms with Gasteiger partial charge in [-0.1, -0.05) is 6.07 Å². The molecule has 2 N–H and O–H groups in total. The van der Waals surface area contributed by atoms with E-state index in [0.29, 0.717) is 6.04 Å². The second kappa shape index (κ2) is 7.99. The van der Waals surface area contributed by atoms with E-state index in [0.717, 1.165) is 36.5 Å². The van der Waals surface area contributed by atoms with E-state index in [-0.39, 0.29) is 24.8 Å². The average molecular weight is 331 g/mol. The lowest BCUT2D eigenvalue weighted by atomic mass is 10.1. The summed E-state index contributed by atoms with van der Waals surface area (Å²) in [5.74, 6) is 1.07. The third-order valence-electron chi connectivity index (χ3n) is 4.02. The molecular formula is C15H24Cl2N4. The molecule has 2 heterocycles. The molecule has 1 aromatic carbocycles. The van der Waals surface area contributed by atoms with Crippen LogP contribution in [0.2, 0.25) is 0 Å². The van der Waals surface area contributed by atoms with Crippen molar-refractivity contribution in [2.24, 2.45) is 0 Å². The number of piperidine rings is 1. The molecule has 21 heavy (non-hydrogen) atoms. The highest BCUT2D eigenvalue weighted by Crippen LogP contribution is 2.16. The number of hydrogen-bond acceptors (Lipinski definition) is 3. The Morgan fingerprint density at radius 3 is 2.67 bits per heavy atom. The second-order valence-electron chi connectivity index (χ2n) is 5.60. The normalized spacial score (nSPS) is 15.8. The first kappa shape index (κ1) is 18.2. The van der Waals surface area contributed by atoms with E-state index in [1.807, 2.05) is 0 Å². The number of H-pyrrole nitrogens is 1. The van der Waals surface area contributed by atoms with Gasteiger partial charge in [-0.3, -0.25) is 4.90 Å². The zero-order valence-corrected chi connectivity index (χ0v) is 14.2. The topological polar surface area (TPSA) is 44.0 Å². The predicted molar refractivity (Wildman–Crippen MR) is 92.7 cm³/mol. The molecule has 1 saturated heterocycles. The Morgan fingerprint density at radius 1 is 1.24 bits per heavy atom. The number of halogens is 2. The number of benzene rings is 1. The molecule has 118 valence electrons. The standard InChI is InChI=1S/C15H22N4.2ClH/c1-11-3-4-13-14(9-11)18-15(17-13)10-19(2)12-5-7-16-8-6-12;;/h3-4,9,12,16H,5-8,10H2,1-2H3,(H,17,18);2*1H. The molecule has 0 aliphatic carbocycles. The van der Waals surface area contributed by atoms with Gasteiger partial charge in [-0.15, -0.1) is 24.8 Å². The zero-order valence-electron chi connectivity index (χ0n) is 12.6. The highest BCUT2D eigenvalue weighted by Gasteiger charge is 2.18. The van der Waals surface area contributed by atoms with Crippen molar-refractivity contribution < 1.29 is 0 Å². The summed E-state index contributed by atoms with van der Waals surface area (Å²) in [6, 6.07) is 7.05. The maximum Gasteiger partial charge on any atom is 0.121 e. The van der Waals surface area contributed by atoms with Gasteiger partial charge in [-0.25, -0.2) is 4.98 Å². The van der Waals surface area contributed by atoms with Crippen molar-refractivity contribution in [3.8, 4) is 0 Å². The van der Waals surface area contributed by atoms with Gasteiger partial charge in [-0.2, -0.15) is 0 Å². The minimum atomic E-state index is 0. The molecule has 0 amide bonds. The number of imidazole rings is 1. The molecule has 0 saturated carbocycles. The lowest BCUT2D eigenvalue weighted by molar-refractivity contribution is 0.188. The Morgan fingerprint density at radius 2 is 1.95 bits per heavy atom. The van der Waals surface area contributed by atoms with Crippen LogP contribution in [-0.4, -0.2) is 41.0 Å². The molecule has 1 aliphatic rings. The molecule has 1 fully saturated rings. The van der Waals surface area contributed by atoms with Crippen molar-refractivity contribution in [1.29, 1.82) is 0 Å². The summed E-state index contributed by atoms with van der Waals surface area (Å²) < 4.78 is 0. The fraction of sp³-hybridized carbons (Fsp3) is 0.533. The van der Waals surface area contributed by atoms with Crippen LogP contribution in [0, 0.1) is 6.92 Å². The number of nitrogens with one attached hydrogen (secondary N) is 2. The third kappa shape index (κ3) is 4.33. The summed E-state index contributed by atoms with van der Waals surface area (Å²) in [6.07, 6.45) is 2.46. The van der Waals surface area contributed by atoms with Gasteiger partial charge >= 0.3 is 0 Å². The average Bonchev–Trinajstić information content (AvgIpc) is 2.81. The Labute approximate surface area is 138 Å². The lowest BCUT2D eigenvalue weighted by Gasteiger charge is -2.30. The van der Waals surface area contributed by atoms with E-state index in [9.17, 15) is 0 Å². The van der Waals surface area contributed by atoms with Gasteiger partial charge in [0.2, 0.25) is 0 Å². The molecule has 6 heteroatoms. The van der Waals surface area contributed by atoms with Crippen LogP contribution in [-0.2, 0) is 6.54 Å². The number of hydrogen-bond donors (Lipinski definition) is 2. The first-order valence-electron chi connectivity index (χ1n) is 7.08. The minimum Gasteiger partial charge on any atom is -0.341 e. The molecule has 0 bridgehead atoms. The Balaban J connectivity index is 0.00000110. The fourth-order valence-corrected chi connectivity index (χ4v) is 2.86. The van der Waals surface area contributed by atoms with Crippen molar-refractivity contribution in [2.75, 3.05) is 20.1 Å². The molecule has 0 spiro atoms. The van der Waals surface area contributed by atoms with Crippen LogP contribution < -0.4 is 5.32 Å². The molecule has 4 nitrogen and oxygen atoms in total. The van der Waals surface area contributed by atoms with Crippen LogP contribution in [0.15, 0.2) is 18.2 Å². The van der Waals surface area contributed by atoms with Crippen LogP contribution in [0.1, 0.15) is 24.2 Å². The highest BCUT2D eigenvalue weighted by atomic mass is 35.5. The second-order valence-corrected chi connectivity index (χ2v) is 5.60. The monoisotopic (exact) mass is 330 g/mol. The van der Waals surface area contributed by atoms with Gasteiger partial charge in [0.25, 0.3) is 0 Å². The number of rotatable bonds is 3. The lowest BCUT2D eigenvalue weighted by Crippen LogP contribution is -2.40. The molecule has 0 unspecified atom stereocenters. The van der Waals surface area contributed by atoms with Gasteiger partial charge in [0.1, 0.15) is 5.82 Å². The van der Waals surface area contributed by atoms with Crippen molar-refractivity contribution in [2.45, 2.75) is 32.4 Å². The molecule has 1 aromatic heterocycles. The van der Waals surface area contributed by atoms with Gasteiger partial charge in [0.15, 0.2) is 0 Å². The highest BCUT2D eigenvalue weighted by molar-refractivity contribution is 5.85. The Kier molecular flexibility index (Phi) is 6.94. The van der Waals surface area contributed by atoms with E-state index < -0.39 is 0 Å². The SMILES string of the molecule is Cc1ccc2nc(CN(C)C3CCNCC3)[nH]c2c1.Cl.Cl. The predicted octanol–water partition coefficient (Wildman–Crippen LogP) is 2.90. The molecular weight excluding hydrogens is 307 g/mol. The zero-order chi connectivity index (χ0) is 13.2. The maximum absolute atomic E-state index is 4.68. The first-order chi connectivity index (χ1) is 9.22. The summed E-state index contributed by atoms with van der Waals surface area (Å²) in [6.45, 7) is 5.28. The van der Waals surface area contributed by atoms with Crippen molar-refractivity contribution in [1.82, 2.24) is 20.2 Å². The molecule has 0 radical (unpaired) electrons. The summed E-state index contributed by atoms with van der Waals surface area (Å²) >= 11 is 0. The van der Waals surface area contributed by atoms with E-state index >= 15 is 0 Å². The van der Waals surface area contributed by atoms with Crippen molar-refractivity contribution >= 4 is 35.8 Å². The third-order valence-corrected chi connectivity index (χ3v) is 4.02. The van der Waals surface area contributed by atoms with Crippen LogP contribution in [0.4, 0.5) is 0 Å². The summed E-state index contributed by atoms with van der Waals surface area (Å²) in [5, 5.41) is 3.41. The summed E-state index contributed by atoms with van der Waals surface area (Å²) in [7, 11) is 2.20. The Hall–Kier alpha value is -0.810. The van der Waals surface area contributed by atoms with Crippen LogP contribution in [0.5, 0.6) is 0 Å². The van der Waals surface area contributed by atoms with Gasteiger partial charge in [0, 0.05) is 6.04 Å². The molecule has 2 aromatic rings. The minimum absolute atomic E-state index is 0. The van der Waals surface area contributed by atoms with Gasteiger partial charge in [-0.05, 0) is 57.6 Å². The summed E-state index contributed by atoms with van der Waals surface area (Å²) in [4.78, 5) is 10.5. The molecule has 3 rings (SSSR count). The number of aromatic nitrogens is 2. The number of nitrogens with zero attached hydrogens (tertiary/aromatic N) is 2. The molecule has 1 aliphatic heterocycles. The van der Waals surface area contributed by atoms with Crippen LogP contribution in [0.3, 0.4) is 0 Å². The largest absolute Gasteiger partial charge is 0.341 e. The van der Waals surface area contributed by atoms with Crippen LogP contribution in [0.25, 0.3) is 11.0 Å². The number of aromatic amines is 1. The van der Waals surface area contributed by atoms with Crippen molar-refractivity contribution in [3.63, 3.8) is 0 Å². The van der Waals surface area contributed by atoms with E-state index in [2.05, 4.69) is 52.4 Å². The fourth-order valence-electron chi connectivity index (χ4n) is 2.86. The van der Waals surface area contributed by atoms with Gasteiger partial charge in [0.05, 0.1) is 17.6 Å². The number of fused-ring (bicyclic) bond motifs is 1. The van der Waals surface area contributed by atoms with E-state index in [4.69, 9.17) is 0 Å². The first-order valence-corrected chi connectivity index (χ1v) is 7.08. The Bertz CT molecular complexity index is 564. The van der Waals surface area contributed by atoms with Crippen molar-refractivity contribution in [3.05, 3.63) is 29.6 Å². The molecule has 0 atom stereocenters. The van der Waals surface area contributed by atoms with E-state index in [1.54, 1.807) is 0 Å². The smallest absolute Gasteiger partial charge is 0.121 e. The van der Waals surface area contributed by atoms with Gasteiger partial charge < -0.3 is 10.3 Å². The number of aryl methyl sites for hydroxylation is 1. The van der Waals surface area contributed by atoms with Crippen LogP contribution >= 0.6 is 24.8 Å². The quantitative estimate of drug-likeness (QED) is 0.909.